The van der Waals surface area contributed by atoms with Crippen molar-refractivity contribution >= 4 is 17.3 Å². The Morgan fingerprint density at radius 3 is 2.33 bits per heavy atom. The van der Waals surface area contributed by atoms with Gasteiger partial charge < -0.3 is 0 Å². The third-order valence-electron chi connectivity index (χ3n) is 5.28. The minimum absolute atomic E-state index is 0.226. The Morgan fingerprint density at radius 1 is 1.12 bits per heavy atom. The van der Waals surface area contributed by atoms with Crippen molar-refractivity contribution in [2.75, 3.05) is 0 Å². The number of benzene rings is 1. The summed E-state index contributed by atoms with van der Waals surface area (Å²) in [6, 6.07) is 2.64. The summed E-state index contributed by atoms with van der Waals surface area (Å²) in [4.78, 5) is -0.226. The van der Waals surface area contributed by atoms with E-state index in [1.54, 1.807) is 5.40 Å². The number of hydrogen-bond acceptors (Lipinski definition) is 2. The van der Waals surface area contributed by atoms with Gasteiger partial charge in [-0.15, -0.1) is 0 Å². The Morgan fingerprint density at radius 2 is 1.79 bits per heavy atom. The quantitative estimate of drug-likeness (QED) is 0.472. The van der Waals surface area contributed by atoms with Crippen LogP contribution in [0.3, 0.4) is 0 Å². The van der Waals surface area contributed by atoms with Crippen molar-refractivity contribution in [1.82, 2.24) is 0 Å². The summed E-state index contributed by atoms with van der Waals surface area (Å²) >= 11 is 0.521. The van der Waals surface area contributed by atoms with Crippen LogP contribution in [0.1, 0.15) is 44.6 Å². The fraction of sp³-hybridized carbons (Fsp3) is 0.450. The fourth-order valence-corrected chi connectivity index (χ4v) is 4.19. The highest BCUT2D eigenvalue weighted by Crippen LogP contribution is 2.38. The lowest BCUT2D eigenvalue weighted by Gasteiger charge is -2.32. The van der Waals surface area contributed by atoms with Crippen molar-refractivity contribution in [3.63, 3.8) is 0 Å². The lowest BCUT2D eigenvalue weighted by atomic mass is 9.74. The van der Waals surface area contributed by atoms with Gasteiger partial charge in [-0.25, -0.2) is 8.78 Å². The van der Waals surface area contributed by atoms with Gasteiger partial charge in [-0.05, 0) is 72.0 Å². The van der Waals surface area contributed by atoms with Crippen LogP contribution in [0.5, 0.6) is 0 Å². The number of nitriles is 1. The Bertz CT molecular complexity index is 686. The number of thiocyanates is 1. The van der Waals surface area contributed by atoms with Crippen LogP contribution in [0.4, 0.5) is 8.78 Å². The molecule has 0 bridgehead atoms. The van der Waals surface area contributed by atoms with Crippen molar-refractivity contribution in [1.29, 1.82) is 5.26 Å². The molecular weight excluding hydrogens is 324 g/mol. The number of hydrogen-bond donors (Lipinski definition) is 0. The predicted octanol–water partition coefficient (Wildman–Crippen LogP) is 6.32. The molecule has 1 saturated carbocycles. The zero-order chi connectivity index (χ0) is 17.1. The minimum Gasteiger partial charge on any atom is -0.206 e. The van der Waals surface area contributed by atoms with E-state index >= 15 is 0 Å². The molecule has 0 N–H and O–H groups in total. The van der Waals surface area contributed by atoms with E-state index in [4.69, 9.17) is 5.26 Å². The molecule has 0 amide bonds. The molecule has 0 spiro atoms. The van der Waals surface area contributed by atoms with Crippen molar-refractivity contribution in [3.05, 3.63) is 47.6 Å². The van der Waals surface area contributed by atoms with Gasteiger partial charge in [-0.2, -0.15) is 5.26 Å². The summed E-state index contributed by atoms with van der Waals surface area (Å²) in [6.07, 6.45) is 12.4. The number of halogens is 2. The third kappa shape index (κ3) is 3.72. The van der Waals surface area contributed by atoms with Crippen molar-refractivity contribution in [2.45, 2.75) is 43.9 Å². The molecule has 1 unspecified atom stereocenters. The van der Waals surface area contributed by atoms with Crippen LogP contribution in [-0.2, 0) is 0 Å². The summed E-state index contributed by atoms with van der Waals surface area (Å²) in [5, 5.41) is 10.3. The highest BCUT2D eigenvalue weighted by molar-refractivity contribution is 8.03. The van der Waals surface area contributed by atoms with Crippen molar-refractivity contribution < 1.29 is 8.78 Å². The lowest BCUT2D eigenvalue weighted by molar-refractivity contribution is 0.240. The third-order valence-corrected chi connectivity index (χ3v) is 5.96. The van der Waals surface area contributed by atoms with Gasteiger partial charge in [-0.1, -0.05) is 38.0 Å². The van der Waals surface area contributed by atoms with Crippen molar-refractivity contribution in [2.24, 2.45) is 17.8 Å². The molecule has 0 heterocycles. The summed E-state index contributed by atoms with van der Waals surface area (Å²) in [5.41, 5.74) is 1.40. The Balaban J connectivity index is 1.72. The topological polar surface area (TPSA) is 23.8 Å². The fourth-order valence-electron chi connectivity index (χ4n) is 3.78. The zero-order valence-electron chi connectivity index (χ0n) is 13.8. The first-order valence-corrected chi connectivity index (χ1v) is 9.34. The van der Waals surface area contributed by atoms with Crippen LogP contribution in [0.25, 0.3) is 5.57 Å². The molecule has 0 aliphatic heterocycles. The minimum atomic E-state index is -0.672. The maximum atomic E-state index is 14.0. The average Bonchev–Trinajstić information content (AvgIpc) is 2.59. The van der Waals surface area contributed by atoms with E-state index in [1.807, 2.05) is 6.08 Å². The molecule has 1 nitrogen and oxygen atoms in total. The molecular formula is C20H21F2NS. The summed E-state index contributed by atoms with van der Waals surface area (Å²) in [6.45, 7) is 2.32. The molecule has 1 aromatic rings. The second-order valence-corrected chi connectivity index (χ2v) is 7.70. The first kappa shape index (κ1) is 17.2. The van der Waals surface area contributed by atoms with E-state index < -0.39 is 11.6 Å². The summed E-state index contributed by atoms with van der Waals surface area (Å²) in [7, 11) is 0. The van der Waals surface area contributed by atoms with Gasteiger partial charge in [-0.3, -0.25) is 0 Å². The number of thioether (sulfide) groups is 1. The normalized spacial score (nSPS) is 26.8. The van der Waals surface area contributed by atoms with Crippen LogP contribution in [0.15, 0.2) is 35.3 Å². The smallest absolute Gasteiger partial charge is 0.141 e. The van der Waals surface area contributed by atoms with Crippen LogP contribution in [0, 0.1) is 40.1 Å². The van der Waals surface area contributed by atoms with E-state index in [-0.39, 0.29) is 4.90 Å². The van der Waals surface area contributed by atoms with Crippen LogP contribution < -0.4 is 0 Å². The van der Waals surface area contributed by atoms with Gasteiger partial charge in [0.05, 0.1) is 4.90 Å². The summed E-state index contributed by atoms with van der Waals surface area (Å²) in [5.74, 6) is 0.779. The maximum absolute atomic E-state index is 14.0. The molecule has 0 radical (unpaired) electrons. The Labute approximate surface area is 146 Å². The second-order valence-electron chi connectivity index (χ2n) is 6.90. The highest BCUT2D eigenvalue weighted by atomic mass is 32.2. The molecule has 0 saturated heterocycles. The predicted molar refractivity (Wildman–Crippen MR) is 94.2 cm³/mol. The van der Waals surface area contributed by atoms with Gasteiger partial charge >= 0.3 is 0 Å². The molecule has 2 aliphatic rings. The van der Waals surface area contributed by atoms with Crippen LogP contribution >= 0.6 is 11.8 Å². The molecule has 1 fully saturated rings. The highest BCUT2D eigenvalue weighted by Gasteiger charge is 2.25. The van der Waals surface area contributed by atoms with Gasteiger partial charge in [0.2, 0.25) is 0 Å². The average molecular weight is 345 g/mol. The van der Waals surface area contributed by atoms with Gasteiger partial charge in [0.25, 0.3) is 0 Å². The van der Waals surface area contributed by atoms with Crippen molar-refractivity contribution in [3.8, 4) is 5.40 Å². The SMILES string of the molecule is CC1CCC(C2C=CC(c3cc(F)c(SC#N)c(F)c3)=CC2)CC1. The van der Waals surface area contributed by atoms with E-state index in [1.165, 1.54) is 37.8 Å². The van der Waals surface area contributed by atoms with Gasteiger partial charge in [0, 0.05) is 0 Å². The molecule has 1 atom stereocenters. The lowest BCUT2D eigenvalue weighted by Crippen LogP contribution is -2.20. The molecule has 0 aromatic heterocycles. The first-order chi connectivity index (χ1) is 11.6. The van der Waals surface area contributed by atoms with E-state index in [0.29, 0.717) is 23.2 Å². The number of allylic oxidation sites excluding steroid dienone is 4. The standard InChI is InChI=1S/C20H21F2NS/c1-13-2-4-14(5-3-13)15-6-8-16(9-7-15)17-10-18(21)20(24-12-23)19(22)11-17/h6,8-11,13-15H,2-5,7H2,1H3. The van der Waals surface area contributed by atoms with Gasteiger partial charge in [0.15, 0.2) is 0 Å². The number of nitrogens with zero attached hydrogens (tertiary/aromatic N) is 1. The molecule has 3 rings (SSSR count). The first-order valence-electron chi connectivity index (χ1n) is 8.52. The number of rotatable bonds is 3. The van der Waals surface area contributed by atoms with E-state index in [2.05, 4.69) is 19.1 Å². The Hall–Kier alpha value is -1.60. The molecule has 24 heavy (non-hydrogen) atoms. The van der Waals surface area contributed by atoms with Crippen LogP contribution in [0.2, 0.25) is 0 Å². The molecule has 2 aliphatic carbocycles. The van der Waals surface area contributed by atoms with Crippen LogP contribution in [-0.4, -0.2) is 0 Å². The van der Waals surface area contributed by atoms with E-state index in [0.717, 1.165) is 23.8 Å². The second kappa shape index (κ2) is 7.53. The maximum Gasteiger partial charge on any atom is 0.141 e. The molecule has 126 valence electrons. The molecule has 4 heteroatoms. The summed E-state index contributed by atoms with van der Waals surface area (Å²) < 4.78 is 28.0. The van der Waals surface area contributed by atoms with E-state index in [9.17, 15) is 8.78 Å². The molecule has 1 aromatic carbocycles. The monoisotopic (exact) mass is 345 g/mol. The zero-order valence-corrected chi connectivity index (χ0v) is 14.6. The van der Waals surface area contributed by atoms with Gasteiger partial charge in [0.1, 0.15) is 17.0 Å². The largest absolute Gasteiger partial charge is 0.206 e. The Kier molecular flexibility index (Phi) is 5.40.